The second-order valence-electron chi connectivity index (χ2n) is 8.58. The zero-order chi connectivity index (χ0) is 20.0. The molecule has 0 unspecified atom stereocenters. The van der Waals surface area contributed by atoms with Gasteiger partial charge in [-0.1, -0.05) is 13.8 Å². The van der Waals surface area contributed by atoms with Gasteiger partial charge in [-0.2, -0.15) is 0 Å². The van der Waals surface area contributed by atoms with E-state index in [4.69, 9.17) is 9.47 Å². The van der Waals surface area contributed by atoms with Gasteiger partial charge in [-0.3, -0.25) is 9.69 Å². The number of carbonyl (C=O) groups is 1. The van der Waals surface area contributed by atoms with E-state index in [2.05, 4.69) is 24.1 Å². The lowest BCUT2D eigenvalue weighted by Crippen LogP contribution is -2.45. The van der Waals surface area contributed by atoms with Crippen LogP contribution < -0.4 is 10.1 Å². The normalized spacial score (nSPS) is 20.5. The van der Waals surface area contributed by atoms with E-state index in [1.807, 2.05) is 31.2 Å². The van der Waals surface area contributed by atoms with Gasteiger partial charge < -0.3 is 14.8 Å². The van der Waals surface area contributed by atoms with Crippen molar-refractivity contribution in [2.75, 3.05) is 38.2 Å². The van der Waals surface area contributed by atoms with E-state index >= 15 is 0 Å². The molecule has 1 N–H and O–H groups in total. The summed E-state index contributed by atoms with van der Waals surface area (Å²) in [5.74, 6) is 1.99. The number of benzene rings is 1. The second kappa shape index (κ2) is 9.75. The third-order valence-electron chi connectivity index (χ3n) is 6.08. The number of hydrogen-bond donors (Lipinski definition) is 1. The van der Waals surface area contributed by atoms with Crippen LogP contribution in [0.15, 0.2) is 24.3 Å². The summed E-state index contributed by atoms with van der Waals surface area (Å²) < 4.78 is 11.8. The fraction of sp³-hybridized carbons (Fsp3) is 0.696. The van der Waals surface area contributed by atoms with E-state index in [0.29, 0.717) is 19.1 Å². The summed E-state index contributed by atoms with van der Waals surface area (Å²) in [6.07, 6.45) is 5.62. The number of likely N-dealkylation sites (tertiary alicyclic amines) is 1. The Morgan fingerprint density at radius 2 is 1.82 bits per heavy atom. The Morgan fingerprint density at radius 3 is 2.43 bits per heavy atom. The molecule has 5 heteroatoms. The van der Waals surface area contributed by atoms with Crippen LogP contribution >= 0.6 is 0 Å². The van der Waals surface area contributed by atoms with E-state index in [1.165, 1.54) is 25.9 Å². The van der Waals surface area contributed by atoms with Crippen LogP contribution in [-0.2, 0) is 9.53 Å². The molecule has 2 aliphatic rings. The highest BCUT2D eigenvalue weighted by Gasteiger charge is 2.48. The highest BCUT2D eigenvalue weighted by Crippen LogP contribution is 2.42. The topological polar surface area (TPSA) is 50.8 Å². The van der Waals surface area contributed by atoms with Crippen LogP contribution in [0.4, 0.5) is 5.69 Å². The SMILES string of the molecule is CCCO[C@@](C)(C(=O)Nc1ccc(OCCN2CCC(C)CC2)cc1)C1CC1. The van der Waals surface area contributed by atoms with Crippen molar-refractivity contribution in [3.05, 3.63) is 24.3 Å². The largest absolute Gasteiger partial charge is 0.492 e. The molecule has 1 atom stereocenters. The van der Waals surface area contributed by atoms with Gasteiger partial charge in [0.1, 0.15) is 18.0 Å². The molecule has 28 heavy (non-hydrogen) atoms. The number of amides is 1. The van der Waals surface area contributed by atoms with Crippen molar-refractivity contribution in [2.24, 2.45) is 11.8 Å². The highest BCUT2D eigenvalue weighted by atomic mass is 16.5. The Hall–Kier alpha value is -1.59. The Bertz CT molecular complexity index is 621. The van der Waals surface area contributed by atoms with Crippen molar-refractivity contribution in [1.82, 2.24) is 4.90 Å². The summed E-state index contributed by atoms with van der Waals surface area (Å²) >= 11 is 0. The van der Waals surface area contributed by atoms with Gasteiger partial charge in [-0.15, -0.1) is 0 Å². The van der Waals surface area contributed by atoms with Crippen LogP contribution in [0.5, 0.6) is 5.75 Å². The monoisotopic (exact) mass is 388 g/mol. The Balaban J connectivity index is 1.45. The van der Waals surface area contributed by atoms with Crippen molar-refractivity contribution >= 4 is 11.6 Å². The summed E-state index contributed by atoms with van der Waals surface area (Å²) in [6.45, 7) is 11.0. The first-order valence-electron chi connectivity index (χ1n) is 10.9. The van der Waals surface area contributed by atoms with E-state index in [0.717, 1.165) is 43.2 Å². The van der Waals surface area contributed by atoms with Crippen LogP contribution in [-0.4, -0.2) is 49.3 Å². The summed E-state index contributed by atoms with van der Waals surface area (Å²) in [5, 5.41) is 3.02. The van der Waals surface area contributed by atoms with Gasteiger partial charge in [-0.05, 0) is 88.2 Å². The molecule has 0 radical (unpaired) electrons. The lowest BCUT2D eigenvalue weighted by atomic mass is 9.98. The smallest absolute Gasteiger partial charge is 0.256 e. The molecule has 1 saturated heterocycles. The lowest BCUT2D eigenvalue weighted by molar-refractivity contribution is -0.142. The standard InChI is InChI=1S/C23H36N2O3/c1-4-16-28-23(3,19-5-6-19)22(26)24-20-7-9-21(10-8-20)27-17-15-25-13-11-18(2)12-14-25/h7-10,18-19H,4-6,11-17H2,1-3H3,(H,24,26)/t23-/m1/s1. The van der Waals surface area contributed by atoms with Crippen LogP contribution in [0.2, 0.25) is 0 Å². The molecule has 1 aromatic carbocycles. The van der Waals surface area contributed by atoms with Crippen LogP contribution in [0.25, 0.3) is 0 Å². The highest BCUT2D eigenvalue weighted by molar-refractivity contribution is 5.97. The molecule has 1 amide bonds. The van der Waals surface area contributed by atoms with Crippen molar-refractivity contribution in [2.45, 2.75) is 58.5 Å². The lowest BCUT2D eigenvalue weighted by Gasteiger charge is -2.30. The quantitative estimate of drug-likeness (QED) is 0.648. The van der Waals surface area contributed by atoms with Crippen LogP contribution in [0.3, 0.4) is 0 Å². The number of hydrogen-bond acceptors (Lipinski definition) is 4. The molecule has 2 fully saturated rings. The van der Waals surface area contributed by atoms with Gasteiger partial charge in [0.25, 0.3) is 5.91 Å². The molecular formula is C23H36N2O3. The van der Waals surface area contributed by atoms with Gasteiger partial charge >= 0.3 is 0 Å². The fourth-order valence-electron chi connectivity index (χ4n) is 3.79. The number of carbonyl (C=O) groups excluding carboxylic acids is 1. The third kappa shape index (κ3) is 5.71. The van der Waals surface area contributed by atoms with Crippen molar-refractivity contribution in [3.63, 3.8) is 0 Å². The second-order valence-corrected chi connectivity index (χ2v) is 8.58. The van der Waals surface area contributed by atoms with Crippen molar-refractivity contribution in [3.8, 4) is 5.75 Å². The average molecular weight is 389 g/mol. The number of nitrogens with one attached hydrogen (secondary N) is 1. The molecule has 5 nitrogen and oxygen atoms in total. The maximum atomic E-state index is 12.8. The zero-order valence-corrected chi connectivity index (χ0v) is 17.7. The minimum absolute atomic E-state index is 0.0450. The predicted molar refractivity (Wildman–Crippen MR) is 113 cm³/mol. The van der Waals surface area contributed by atoms with Crippen LogP contribution in [0.1, 0.15) is 52.9 Å². The van der Waals surface area contributed by atoms with Gasteiger partial charge in [0, 0.05) is 18.8 Å². The third-order valence-corrected chi connectivity index (χ3v) is 6.08. The predicted octanol–water partition coefficient (Wildman–Crippen LogP) is 4.33. The summed E-state index contributed by atoms with van der Waals surface area (Å²) in [6, 6.07) is 7.66. The molecule has 1 aromatic rings. The molecule has 3 rings (SSSR count). The van der Waals surface area contributed by atoms with Crippen LogP contribution in [0, 0.1) is 11.8 Å². The van der Waals surface area contributed by atoms with Crippen molar-refractivity contribution in [1.29, 1.82) is 0 Å². The minimum Gasteiger partial charge on any atom is -0.492 e. The first-order chi connectivity index (χ1) is 13.5. The molecule has 1 aliphatic carbocycles. The number of rotatable bonds is 10. The van der Waals surface area contributed by atoms with Gasteiger partial charge in [0.05, 0.1) is 0 Å². The molecule has 1 heterocycles. The van der Waals surface area contributed by atoms with Crippen molar-refractivity contribution < 1.29 is 14.3 Å². The molecule has 0 aromatic heterocycles. The van der Waals surface area contributed by atoms with Gasteiger partial charge in [-0.25, -0.2) is 0 Å². The number of nitrogens with zero attached hydrogens (tertiary/aromatic N) is 1. The summed E-state index contributed by atoms with van der Waals surface area (Å²) in [4.78, 5) is 15.3. The molecule has 0 bridgehead atoms. The van der Waals surface area contributed by atoms with E-state index in [9.17, 15) is 4.79 Å². The molecule has 0 spiro atoms. The van der Waals surface area contributed by atoms with Gasteiger partial charge in [0.15, 0.2) is 0 Å². The number of piperidine rings is 1. The number of ether oxygens (including phenoxy) is 2. The minimum atomic E-state index is -0.725. The Labute approximate surface area is 169 Å². The van der Waals surface area contributed by atoms with E-state index < -0.39 is 5.60 Å². The Kier molecular flexibility index (Phi) is 7.36. The Morgan fingerprint density at radius 1 is 1.14 bits per heavy atom. The van der Waals surface area contributed by atoms with E-state index in [-0.39, 0.29) is 5.91 Å². The molecule has 1 aliphatic heterocycles. The molecule has 156 valence electrons. The first-order valence-corrected chi connectivity index (χ1v) is 10.9. The fourth-order valence-corrected chi connectivity index (χ4v) is 3.79. The van der Waals surface area contributed by atoms with E-state index in [1.54, 1.807) is 0 Å². The molecule has 1 saturated carbocycles. The first kappa shape index (κ1) is 21.1. The van der Waals surface area contributed by atoms with Gasteiger partial charge in [0.2, 0.25) is 0 Å². The summed E-state index contributed by atoms with van der Waals surface area (Å²) in [7, 11) is 0. The maximum absolute atomic E-state index is 12.8. The molecular weight excluding hydrogens is 352 g/mol. The zero-order valence-electron chi connectivity index (χ0n) is 17.7. The summed E-state index contributed by atoms with van der Waals surface area (Å²) in [5.41, 5.74) is 0.0613. The average Bonchev–Trinajstić information content (AvgIpc) is 3.55. The maximum Gasteiger partial charge on any atom is 0.256 e. The number of anilines is 1.